The molecular weight excluding hydrogens is 362 g/mol. The van der Waals surface area contributed by atoms with Crippen molar-refractivity contribution in [2.24, 2.45) is 0 Å². The van der Waals surface area contributed by atoms with Crippen LogP contribution in [0.3, 0.4) is 0 Å². The quantitative estimate of drug-likeness (QED) is 0.670. The fourth-order valence-corrected chi connectivity index (χ4v) is 3.69. The minimum Gasteiger partial charge on any atom is -0.483 e. The van der Waals surface area contributed by atoms with Crippen LogP contribution in [0.1, 0.15) is 11.3 Å². The van der Waals surface area contributed by atoms with Gasteiger partial charge >= 0.3 is 0 Å². The zero-order valence-electron chi connectivity index (χ0n) is 17.0. The van der Waals surface area contributed by atoms with Crippen LogP contribution in [0.15, 0.2) is 71.7 Å². The Morgan fingerprint density at radius 3 is 2.21 bits per heavy atom. The second kappa shape index (κ2) is 8.53. The molecule has 0 bridgehead atoms. The molecule has 0 aliphatic carbocycles. The molecule has 2 aromatic carbocycles. The highest BCUT2D eigenvalue weighted by atomic mass is 16.5. The Kier molecular flexibility index (Phi) is 5.67. The van der Waals surface area contributed by atoms with E-state index in [1.54, 1.807) is 6.07 Å². The number of anilines is 1. The van der Waals surface area contributed by atoms with Crippen LogP contribution in [-0.4, -0.2) is 42.7 Å². The van der Waals surface area contributed by atoms with E-state index in [1.165, 1.54) is 5.69 Å². The smallest absolute Gasteiger partial charge is 0.223 e. The third kappa shape index (κ3) is 4.35. The second-order valence-corrected chi connectivity index (χ2v) is 7.55. The van der Waals surface area contributed by atoms with Crippen molar-refractivity contribution in [2.45, 2.75) is 13.5 Å². The maximum atomic E-state index is 12.4. The van der Waals surface area contributed by atoms with Gasteiger partial charge in [-0.15, -0.1) is 0 Å². The van der Waals surface area contributed by atoms with Gasteiger partial charge in [-0.25, -0.2) is 0 Å². The van der Waals surface area contributed by atoms with Gasteiger partial charge in [-0.2, -0.15) is 0 Å². The molecule has 5 nitrogen and oxygen atoms in total. The first kappa shape index (κ1) is 19.3. The molecule has 1 fully saturated rings. The predicted molar refractivity (Wildman–Crippen MR) is 117 cm³/mol. The van der Waals surface area contributed by atoms with Gasteiger partial charge < -0.3 is 19.1 Å². The number of likely N-dealkylation sites (N-methyl/N-ethyl adjacent to an activating group) is 1. The van der Waals surface area contributed by atoms with Crippen molar-refractivity contribution in [3.63, 3.8) is 0 Å². The number of hydrogen-bond acceptors (Lipinski definition) is 4. The summed E-state index contributed by atoms with van der Waals surface area (Å²) in [6, 6.07) is 20.0. The lowest BCUT2D eigenvalue weighted by molar-refractivity contribution is 0.298. The van der Waals surface area contributed by atoms with Gasteiger partial charge in [-0.05, 0) is 43.8 Å². The molecule has 1 aliphatic rings. The van der Waals surface area contributed by atoms with Crippen LogP contribution in [0.4, 0.5) is 5.69 Å². The van der Waals surface area contributed by atoms with Crippen molar-refractivity contribution in [2.75, 3.05) is 38.1 Å². The van der Waals surface area contributed by atoms with Crippen LogP contribution in [0.2, 0.25) is 0 Å². The molecule has 0 spiro atoms. The summed E-state index contributed by atoms with van der Waals surface area (Å²) in [5, 5.41) is 0. The molecule has 0 amide bonds. The van der Waals surface area contributed by atoms with Gasteiger partial charge in [0.2, 0.25) is 5.43 Å². The number of aromatic nitrogens is 1. The maximum Gasteiger partial charge on any atom is 0.223 e. The van der Waals surface area contributed by atoms with Crippen LogP contribution in [-0.2, 0) is 6.61 Å². The van der Waals surface area contributed by atoms with Gasteiger partial charge in [0, 0.05) is 49.8 Å². The van der Waals surface area contributed by atoms with E-state index < -0.39 is 0 Å². The Hall–Kier alpha value is -3.05. The fraction of sp³-hybridized carbons (Fsp3) is 0.292. The number of pyridine rings is 1. The fourth-order valence-electron chi connectivity index (χ4n) is 3.69. The van der Waals surface area contributed by atoms with Crippen molar-refractivity contribution in [3.05, 3.63) is 88.3 Å². The SMILES string of the molecule is Cc1c(OCc2ccccc2)c(=O)ccn1-c1ccc(N2CCN(C)CC2)cc1. The van der Waals surface area contributed by atoms with Crippen LogP contribution < -0.4 is 15.1 Å². The number of benzene rings is 2. The van der Waals surface area contributed by atoms with E-state index in [2.05, 4.69) is 41.1 Å². The van der Waals surface area contributed by atoms with Crippen molar-refractivity contribution in [1.29, 1.82) is 0 Å². The molecule has 0 N–H and O–H groups in total. The molecular formula is C24H27N3O2. The third-order valence-corrected chi connectivity index (χ3v) is 5.51. The highest BCUT2D eigenvalue weighted by Gasteiger charge is 2.15. The van der Waals surface area contributed by atoms with Crippen LogP contribution in [0.5, 0.6) is 5.75 Å². The lowest BCUT2D eigenvalue weighted by Gasteiger charge is -2.34. The van der Waals surface area contributed by atoms with Gasteiger partial charge in [-0.1, -0.05) is 30.3 Å². The summed E-state index contributed by atoms with van der Waals surface area (Å²) in [5.74, 6) is 0.402. The number of nitrogens with zero attached hydrogens (tertiary/aromatic N) is 3. The first-order chi connectivity index (χ1) is 14.1. The van der Waals surface area contributed by atoms with Gasteiger partial charge in [0.05, 0.1) is 5.69 Å². The summed E-state index contributed by atoms with van der Waals surface area (Å²) in [6.07, 6.45) is 1.82. The highest BCUT2D eigenvalue weighted by Crippen LogP contribution is 2.22. The standard InChI is InChI=1S/C24H27N3O2/c1-19-24(29-18-20-6-4-3-5-7-20)23(28)12-13-27(19)22-10-8-21(9-11-22)26-16-14-25(2)15-17-26/h3-13H,14-18H2,1-2H3. The molecule has 1 saturated heterocycles. The molecule has 0 saturated carbocycles. The lowest BCUT2D eigenvalue weighted by Crippen LogP contribution is -2.44. The van der Waals surface area contributed by atoms with Crippen molar-refractivity contribution < 1.29 is 4.74 Å². The van der Waals surface area contributed by atoms with Crippen LogP contribution >= 0.6 is 0 Å². The zero-order valence-corrected chi connectivity index (χ0v) is 17.0. The molecule has 3 aromatic rings. The topological polar surface area (TPSA) is 37.7 Å². The van der Waals surface area contributed by atoms with E-state index >= 15 is 0 Å². The van der Waals surface area contributed by atoms with Crippen molar-refractivity contribution in [3.8, 4) is 11.4 Å². The van der Waals surface area contributed by atoms with Crippen LogP contribution in [0, 0.1) is 6.92 Å². The highest BCUT2D eigenvalue weighted by molar-refractivity contribution is 5.52. The van der Waals surface area contributed by atoms with E-state index in [1.807, 2.05) is 48.0 Å². The molecule has 1 aromatic heterocycles. The predicted octanol–water partition coefficient (Wildman–Crippen LogP) is 3.48. The van der Waals surface area contributed by atoms with Gasteiger partial charge in [-0.3, -0.25) is 4.79 Å². The van der Waals surface area contributed by atoms with Gasteiger partial charge in [0.25, 0.3) is 0 Å². The van der Waals surface area contributed by atoms with E-state index in [4.69, 9.17) is 4.74 Å². The molecule has 5 heteroatoms. The average Bonchev–Trinajstić information content (AvgIpc) is 2.75. The summed E-state index contributed by atoms with van der Waals surface area (Å²) >= 11 is 0. The van der Waals surface area contributed by atoms with Crippen molar-refractivity contribution in [1.82, 2.24) is 9.47 Å². The van der Waals surface area contributed by atoms with Crippen molar-refractivity contribution >= 4 is 5.69 Å². The molecule has 2 heterocycles. The second-order valence-electron chi connectivity index (χ2n) is 7.55. The molecule has 0 atom stereocenters. The summed E-state index contributed by atoms with van der Waals surface area (Å²) in [5.41, 5.74) is 4.01. The third-order valence-electron chi connectivity index (χ3n) is 5.51. The zero-order chi connectivity index (χ0) is 20.2. The van der Waals surface area contributed by atoms with Crippen LogP contribution in [0.25, 0.3) is 5.69 Å². The Balaban J connectivity index is 1.54. The first-order valence-corrected chi connectivity index (χ1v) is 10.0. The minimum absolute atomic E-state index is 0.0938. The van der Waals surface area contributed by atoms with E-state index in [0.717, 1.165) is 43.1 Å². The number of rotatable bonds is 5. The lowest BCUT2D eigenvalue weighted by atomic mass is 10.2. The van der Waals surface area contributed by atoms with E-state index in [9.17, 15) is 4.79 Å². The average molecular weight is 389 g/mol. The minimum atomic E-state index is -0.0938. The largest absolute Gasteiger partial charge is 0.483 e. The Morgan fingerprint density at radius 1 is 0.862 bits per heavy atom. The molecule has 4 rings (SSSR count). The van der Waals surface area contributed by atoms with E-state index in [-0.39, 0.29) is 5.43 Å². The molecule has 29 heavy (non-hydrogen) atoms. The molecule has 0 radical (unpaired) electrons. The van der Waals surface area contributed by atoms with Gasteiger partial charge in [0.1, 0.15) is 6.61 Å². The number of ether oxygens (including phenoxy) is 1. The number of hydrogen-bond donors (Lipinski definition) is 0. The Morgan fingerprint density at radius 2 is 1.52 bits per heavy atom. The summed E-state index contributed by atoms with van der Waals surface area (Å²) in [6.45, 7) is 6.57. The summed E-state index contributed by atoms with van der Waals surface area (Å²) in [4.78, 5) is 17.1. The first-order valence-electron chi connectivity index (χ1n) is 10.0. The van der Waals surface area contributed by atoms with E-state index in [0.29, 0.717) is 12.4 Å². The summed E-state index contributed by atoms with van der Waals surface area (Å²) < 4.78 is 7.91. The molecule has 1 aliphatic heterocycles. The summed E-state index contributed by atoms with van der Waals surface area (Å²) in [7, 11) is 2.16. The van der Waals surface area contributed by atoms with Gasteiger partial charge in [0.15, 0.2) is 5.75 Å². The Labute approximate surface area is 171 Å². The maximum absolute atomic E-state index is 12.4. The molecule has 0 unspecified atom stereocenters. The monoisotopic (exact) mass is 389 g/mol. The Bertz CT molecular complexity index is 1000. The molecule has 150 valence electrons. The number of piperazine rings is 1. The normalized spacial score (nSPS) is 14.8.